The van der Waals surface area contributed by atoms with Gasteiger partial charge in [0.05, 0.1) is 0 Å². The molecule has 0 heterocycles. The van der Waals surface area contributed by atoms with E-state index in [0.29, 0.717) is 18.9 Å². The van der Waals surface area contributed by atoms with Crippen molar-refractivity contribution in [2.45, 2.75) is 43.9 Å². The third-order valence-corrected chi connectivity index (χ3v) is 2.73. The fraction of sp³-hybridized carbons (Fsp3) is 0.889. The molecule has 0 spiro atoms. The quantitative estimate of drug-likeness (QED) is 0.740. The molecule has 3 nitrogen and oxygen atoms in total. The highest BCUT2D eigenvalue weighted by Gasteiger charge is 2.40. The Kier molecular flexibility index (Phi) is 3.96. The van der Waals surface area contributed by atoms with Gasteiger partial charge in [-0.1, -0.05) is 0 Å². The molecule has 1 fully saturated rings. The lowest BCUT2D eigenvalue weighted by Crippen LogP contribution is -2.46. The predicted octanol–water partition coefficient (Wildman–Crippen LogP) is 1.20. The maximum absolute atomic E-state index is 11.9. The number of halogens is 3. The second-order valence-electron chi connectivity index (χ2n) is 3.81. The van der Waals surface area contributed by atoms with Crippen LogP contribution in [0.2, 0.25) is 0 Å². The number of carbonyl (C=O) groups excluding carboxylic acids is 1. The van der Waals surface area contributed by atoms with Gasteiger partial charge in [-0.05, 0) is 32.7 Å². The van der Waals surface area contributed by atoms with Crippen molar-refractivity contribution in [2.75, 3.05) is 7.05 Å². The summed E-state index contributed by atoms with van der Waals surface area (Å²) in [7, 11) is 1.83. The van der Waals surface area contributed by atoms with Gasteiger partial charge in [-0.3, -0.25) is 4.79 Å². The maximum Gasteiger partial charge on any atom is 0.471 e. The highest BCUT2D eigenvalue weighted by molar-refractivity contribution is 5.81. The topological polar surface area (TPSA) is 41.1 Å². The van der Waals surface area contributed by atoms with E-state index in [9.17, 15) is 18.0 Å². The third kappa shape index (κ3) is 3.70. The minimum Gasteiger partial charge on any atom is -0.346 e. The lowest BCUT2D eigenvalue weighted by atomic mass is 9.91. The Hall–Kier alpha value is -0.780. The SMILES string of the molecule is CNC1CCC(NC(=O)C(F)(F)F)CC1. The molecule has 0 aromatic carbocycles. The first-order valence-electron chi connectivity index (χ1n) is 4.98. The Labute approximate surface area is 86.4 Å². The van der Waals surface area contributed by atoms with E-state index in [-0.39, 0.29) is 6.04 Å². The first kappa shape index (κ1) is 12.3. The molecule has 0 aliphatic heterocycles. The summed E-state index contributed by atoms with van der Waals surface area (Å²) in [5.74, 6) is -1.82. The Morgan fingerprint density at radius 1 is 1.13 bits per heavy atom. The second-order valence-corrected chi connectivity index (χ2v) is 3.81. The smallest absolute Gasteiger partial charge is 0.346 e. The van der Waals surface area contributed by atoms with Crippen LogP contribution in [0.3, 0.4) is 0 Å². The van der Waals surface area contributed by atoms with Crippen LogP contribution in [0.4, 0.5) is 13.2 Å². The van der Waals surface area contributed by atoms with E-state index in [1.807, 2.05) is 12.4 Å². The van der Waals surface area contributed by atoms with Gasteiger partial charge in [0.1, 0.15) is 0 Å². The molecule has 0 aromatic heterocycles. The van der Waals surface area contributed by atoms with Gasteiger partial charge < -0.3 is 10.6 Å². The van der Waals surface area contributed by atoms with E-state index in [4.69, 9.17) is 0 Å². The van der Waals surface area contributed by atoms with Crippen molar-refractivity contribution in [1.82, 2.24) is 10.6 Å². The summed E-state index contributed by atoms with van der Waals surface area (Å²) in [5.41, 5.74) is 0. The summed E-state index contributed by atoms with van der Waals surface area (Å²) >= 11 is 0. The van der Waals surface area contributed by atoms with Crippen molar-refractivity contribution in [3.8, 4) is 0 Å². The minimum absolute atomic E-state index is 0.330. The standard InChI is InChI=1S/C9H15F3N2O/c1-13-6-2-4-7(5-3-6)14-8(15)9(10,11)12/h6-7,13H,2-5H2,1H3,(H,14,15). The zero-order valence-corrected chi connectivity index (χ0v) is 8.53. The number of amides is 1. The van der Waals surface area contributed by atoms with Crippen molar-refractivity contribution in [1.29, 1.82) is 0 Å². The molecule has 0 bridgehead atoms. The zero-order valence-electron chi connectivity index (χ0n) is 8.53. The van der Waals surface area contributed by atoms with Gasteiger partial charge in [0.15, 0.2) is 0 Å². The molecule has 0 unspecified atom stereocenters. The first-order valence-corrected chi connectivity index (χ1v) is 4.98. The number of hydrogen-bond acceptors (Lipinski definition) is 2. The van der Waals surface area contributed by atoms with Gasteiger partial charge in [0.2, 0.25) is 0 Å². The molecule has 15 heavy (non-hydrogen) atoms. The normalized spacial score (nSPS) is 27.5. The average molecular weight is 224 g/mol. The highest BCUT2D eigenvalue weighted by atomic mass is 19.4. The lowest BCUT2D eigenvalue weighted by Gasteiger charge is -2.28. The Morgan fingerprint density at radius 3 is 2.00 bits per heavy atom. The number of hydrogen-bond donors (Lipinski definition) is 2. The van der Waals surface area contributed by atoms with E-state index in [1.54, 1.807) is 0 Å². The molecule has 0 aromatic rings. The second kappa shape index (κ2) is 4.83. The number of rotatable bonds is 2. The van der Waals surface area contributed by atoms with Gasteiger partial charge in [-0.15, -0.1) is 0 Å². The zero-order chi connectivity index (χ0) is 11.5. The molecule has 1 aliphatic rings. The summed E-state index contributed by atoms with van der Waals surface area (Å²) in [4.78, 5) is 10.6. The molecule has 1 saturated carbocycles. The van der Waals surface area contributed by atoms with Crippen LogP contribution >= 0.6 is 0 Å². The molecule has 0 radical (unpaired) electrons. The van der Waals surface area contributed by atoms with Crippen LogP contribution in [-0.4, -0.2) is 31.2 Å². The van der Waals surface area contributed by atoms with Crippen LogP contribution in [-0.2, 0) is 4.79 Å². The first-order chi connectivity index (χ1) is 6.93. The van der Waals surface area contributed by atoms with Crippen LogP contribution in [0.15, 0.2) is 0 Å². The Morgan fingerprint density at radius 2 is 1.60 bits per heavy atom. The highest BCUT2D eigenvalue weighted by Crippen LogP contribution is 2.20. The average Bonchev–Trinajstić information content (AvgIpc) is 2.17. The largest absolute Gasteiger partial charge is 0.471 e. The van der Waals surface area contributed by atoms with Crippen LogP contribution in [0.25, 0.3) is 0 Å². The van der Waals surface area contributed by atoms with Crippen molar-refractivity contribution in [2.24, 2.45) is 0 Å². The van der Waals surface area contributed by atoms with E-state index in [0.717, 1.165) is 12.8 Å². The van der Waals surface area contributed by atoms with Crippen molar-refractivity contribution < 1.29 is 18.0 Å². The van der Waals surface area contributed by atoms with Crippen LogP contribution in [0.5, 0.6) is 0 Å². The number of carbonyl (C=O) groups is 1. The predicted molar refractivity (Wildman–Crippen MR) is 49.3 cm³/mol. The molecule has 2 N–H and O–H groups in total. The monoisotopic (exact) mass is 224 g/mol. The summed E-state index contributed by atoms with van der Waals surface area (Å²) in [5, 5.41) is 5.08. The van der Waals surface area contributed by atoms with Gasteiger partial charge >= 0.3 is 12.1 Å². The summed E-state index contributed by atoms with van der Waals surface area (Å²) in [6, 6.07) is 0.0350. The molecule has 6 heteroatoms. The number of alkyl halides is 3. The number of nitrogens with one attached hydrogen (secondary N) is 2. The van der Waals surface area contributed by atoms with E-state index in [1.165, 1.54) is 0 Å². The molecule has 1 rings (SSSR count). The van der Waals surface area contributed by atoms with Gasteiger partial charge in [-0.2, -0.15) is 13.2 Å². The van der Waals surface area contributed by atoms with E-state index < -0.39 is 12.1 Å². The van der Waals surface area contributed by atoms with E-state index in [2.05, 4.69) is 5.32 Å². The Bertz CT molecular complexity index is 222. The van der Waals surface area contributed by atoms with Crippen LogP contribution < -0.4 is 10.6 Å². The molecule has 0 atom stereocenters. The van der Waals surface area contributed by atoms with E-state index >= 15 is 0 Å². The Balaban J connectivity index is 2.33. The molecule has 88 valence electrons. The molecular weight excluding hydrogens is 209 g/mol. The van der Waals surface area contributed by atoms with Crippen molar-refractivity contribution in [3.63, 3.8) is 0 Å². The maximum atomic E-state index is 11.9. The van der Waals surface area contributed by atoms with Crippen molar-refractivity contribution >= 4 is 5.91 Å². The summed E-state index contributed by atoms with van der Waals surface area (Å²) < 4.78 is 35.8. The van der Waals surface area contributed by atoms with Gasteiger partial charge in [0.25, 0.3) is 0 Å². The molecule has 0 saturated heterocycles. The fourth-order valence-corrected chi connectivity index (χ4v) is 1.79. The summed E-state index contributed by atoms with van der Waals surface area (Å²) in [6.45, 7) is 0. The van der Waals surface area contributed by atoms with Crippen LogP contribution in [0, 0.1) is 0 Å². The lowest BCUT2D eigenvalue weighted by molar-refractivity contribution is -0.174. The minimum atomic E-state index is -4.76. The molecular formula is C9H15F3N2O. The molecule has 1 aliphatic carbocycles. The third-order valence-electron chi connectivity index (χ3n) is 2.73. The fourth-order valence-electron chi connectivity index (χ4n) is 1.79. The van der Waals surface area contributed by atoms with Gasteiger partial charge in [0, 0.05) is 12.1 Å². The van der Waals surface area contributed by atoms with Crippen molar-refractivity contribution in [3.05, 3.63) is 0 Å². The molecule has 1 amide bonds. The van der Waals surface area contributed by atoms with Crippen LogP contribution in [0.1, 0.15) is 25.7 Å². The van der Waals surface area contributed by atoms with Gasteiger partial charge in [-0.25, -0.2) is 0 Å². The summed E-state index contributed by atoms with van der Waals surface area (Å²) in [6.07, 6.45) is -1.95.